The summed E-state index contributed by atoms with van der Waals surface area (Å²) >= 11 is 0. The number of anilines is 1. The normalized spacial score (nSPS) is 15.8. The molecule has 0 aliphatic carbocycles. The Kier molecular flexibility index (Phi) is 4.27. The predicted molar refractivity (Wildman–Crippen MR) is 66.5 cm³/mol. The van der Waals surface area contributed by atoms with Crippen LogP contribution in [0.1, 0.15) is 11.9 Å². The van der Waals surface area contributed by atoms with Crippen molar-refractivity contribution in [2.45, 2.75) is 6.29 Å². The van der Waals surface area contributed by atoms with E-state index in [9.17, 15) is 9.59 Å². The van der Waals surface area contributed by atoms with Crippen LogP contribution in [-0.4, -0.2) is 30.2 Å². The molecule has 1 saturated heterocycles. The first-order valence-electron chi connectivity index (χ1n) is 5.70. The molecule has 1 aliphatic heterocycles. The number of rotatable bonds is 4. The lowest BCUT2D eigenvalue weighted by molar-refractivity contribution is -0.131. The largest absolute Gasteiger partial charge is 0.478 e. The fourth-order valence-electron chi connectivity index (χ4n) is 1.61. The Morgan fingerprint density at radius 1 is 1.16 bits per heavy atom. The minimum atomic E-state index is -1.17. The topological polar surface area (TPSA) is 84.9 Å². The summed E-state index contributed by atoms with van der Waals surface area (Å²) < 4.78 is 10.7. The van der Waals surface area contributed by atoms with Crippen LogP contribution in [0.4, 0.5) is 5.69 Å². The number of hydrogen-bond acceptors (Lipinski definition) is 4. The molecule has 100 valence electrons. The van der Waals surface area contributed by atoms with Crippen LogP contribution in [0.3, 0.4) is 0 Å². The van der Waals surface area contributed by atoms with Gasteiger partial charge < -0.3 is 19.9 Å². The lowest BCUT2D eigenvalue weighted by atomic mass is 10.2. The van der Waals surface area contributed by atoms with Crippen molar-refractivity contribution >= 4 is 17.6 Å². The van der Waals surface area contributed by atoms with E-state index < -0.39 is 11.9 Å². The quantitative estimate of drug-likeness (QED) is 0.800. The van der Waals surface area contributed by atoms with E-state index in [1.54, 1.807) is 24.3 Å². The second kappa shape index (κ2) is 6.12. The first kappa shape index (κ1) is 13.3. The van der Waals surface area contributed by atoms with Crippen LogP contribution in [0, 0.1) is 0 Å². The summed E-state index contributed by atoms with van der Waals surface area (Å²) in [7, 11) is 0. The Bertz CT molecular complexity index is 488. The Morgan fingerprint density at radius 2 is 1.79 bits per heavy atom. The molecular formula is C13H13NO5. The third-order valence-corrected chi connectivity index (χ3v) is 2.45. The van der Waals surface area contributed by atoms with E-state index in [0.29, 0.717) is 18.9 Å². The molecule has 0 aromatic heterocycles. The molecule has 0 bridgehead atoms. The molecule has 1 aromatic rings. The van der Waals surface area contributed by atoms with Crippen molar-refractivity contribution in [3.8, 4) is 0 Å². The number of nitrogens with one attached hydrogen (secondary N) is 1. The zero-order valence-corrected chi connectivity index (χ0v) is 10.0. The maximum Gasteiger partial charge on any atom is 0.328 e. The van der Waals surface area contributed by atoms with Crippen molar-refractivity contribution < 1.29 is 24.2 Å². The van der Waals surface area contributed by atoms with Crippen molar-refractivity contribution in [2.75, 3.05) is 18.5 Å². The number of carbonyl (C=O) groups is 2. The molecular weight excluding hydrogens is 250 g/mol. The van der Waals surface area contributed by atoms with Crippen LogP contribution in [0.2, 0.25) is 0 Å². The van der Waals surface area contributed by atoms with Crippen LogP contribution in [0.15, 0.2) is 36.4 Å². The molecule has 0 atom stereocenters. The van der Waals surface area contributed by atoms with Gasteiger partial charge in [-0.2, -0.15) is 0 Å². The molecule has 0 radical (unpaired) electrons. The highest BCUT2D eigenvalue weighted by Gasteiger charge is 2.17. The first-order valence-corrected chi connectivity index (χ1v) is 5.70. The fraction of sp³-hybridized carbons (Fsp3) is 0.231. The van der Waals surface area contributed by atoms with E-state index >= 15 is 0 Å². The maximum absolute atomic E-state index is 11.3. The van der Waals surface area contributed by atoms with Crippen LogP contribution >= 0.6 is 0 Å². The molecule has 2 rings (SSSR count). The van der Waals surface area contributed by atoms with Gasteiger partial charge in [0.2, 0.25) is 5.91 Å². The van der Waals surface area contributed by atoms with Gasteiger partial charge in [0, 0.05) is 23.4 Å². The first-order chi connectivity index (χ1) is 9.15. The van der Waals surface area contributed by atoms with Crippen molar-refractivity contribution in [3.63, 3.8) is 0 Å². The minimum Gasteiger partial charge on any atom is -0.478 e. The van der Waals surface area contributed by atoms with E-state index in [-0.39, 0.29) is 6.29 Å². The van der Waals surface area contributed by atoms with E-state index in [1.807, 2.05) is 0 Å². The average Bonchev–Trinajstić information content (AvgIpc) is 2.91. The van der Waals surface area contributed by atoms with Crippen LogP contribution in [0.5, 0.6) is 0 Å². The van der Waals surface area contributed by atoms with Gasteiger partial charge in [-0.15, -0.1) is 0 Å². The van der Waals surface area contributed by atoms with Crippen LogP contribution < -0.4 is 5.32 Å². The van der Waals surface area contributed by atoms with Crippen LogP contribution in [0.25, 0.3) is 0 Å². The summed E-state index contributed by atoms with van der Waals surface area (Å²) in [5.74, 6) is -1.66. The van der Waals surface area contributed by atoms with Gasteiger partial charge in [0.1, 0.15) is 0 Å². The predicted octanol–water partition coefficient (Wildman–Crippen LogP) is 1.31. The summed E-state index contributed by atoms with van der Waals surface area (Å²) in [5.41, 5.74) is 1.44. The second-order valence-corrected chi connectivity index (χ2v) is 3.86. The fourth-order valence-corrected chi connectivity index (χ4v) is 1.61. The Labute approximate surface area is 109 Å². The highest BCUT2D eigenvalue weighted by molar-refractivity contribution is 6.02. The van der Waals surface area contributed by atoms with Gasteiger partial charge in [0.05, 0.1) is 13.2 Å². The van der Waals surface area contributed by atoms with E-state index in [1.165, 1.54) is 0 Å². The van der Waals surface area contributed by atoms with Gasteiger partial charge in [-0.25, -0.2) is 4.79 Å². The number of hydrogen-bond donors (Lipinski definition) is 2. The number of carboxylic acid groups (broad SMARTS) is 1. The van der Waals surface area contributed by atoms with E-state index in [2.05, 4.69) is 5.32 Å². The number of benzene rings is 1. The van der Waals surface area contributed by atoms with Gasteiger partial charge in [-0.1, -0.05) is 12.1 Å². The monoisotopic (exact) mass is 263 g/mol. The van der Waals surface area contributed by atoms with Gasteiger partial charge in [0.15, 0.2) is 6.29 Å². The highest BCUT2D eigenvalue weighted by Crippen LogP contribution is 2.24. The summed E-state index contributed by atoms with van der Waals surface area (Å²) in [6.45, 7) is 1.15. The summed E-state index contributed by atoms with van der Waals surface area (Å²) in [6, 6.07) is 6.97. The third-order valence-electron chi connectivity index (χ3n) is 2.45. The molecule has 1 heterocycles. The molecule has 0 saturated carbocycles. The van der Waals surface area contributed by atoms with Crippen molar-refractivity contribution in [3.05, 3.63) is 42.0 Å². The maximum atomic E-state index is 11.3. The average molecular weight is 263 g/mol. The summed E-state index contributed by atoms with van der Waals surface area (Å²) in [4.78, 5) is 21.6. The van der Waals surface area contributed by atoms with Gasteiger partial charge in [0.25, 0.3) is 0 Å². The number of carboxylic acids is 1. The molecule has 1 aliphatic rings. The molecule has 0 unspecified atom stereocenters. The number of aliphatic carboxylic acids is 1. The standard InChI is InChI=1S/C13H13NO5/c15-11(5-6-12(16)17)14-10-3-1-9(2-4-10)13-18-7-8-19-13/h1-6,13H,7-8H2,(H,14,15)(H,16,17)/b6-5+. The molecule has 1 amide bonds. The van der Waals surface area contributed by atoms with Gasteiger partial charge in [-0.05, 0) is 12.1 Å². The zero-order valence-electron chi connectivity index (χ0n) is 10.0. The zero-order chi connectivity index (χ0) is 13.7. The van der Waals surface area contributed by atoms with Gasteiger partial charge in [-0.3, -0.25) is 4.79 Å². The van der Waals surface area contributed by atoms with Crippen molar-refractivity contribution in [2.24, 2.45) is 0 Å². The summed E-state index contributed by atoms with van der Waals surface area (Å²) in [6.07, 6.45) is 1.39. The lowest BCUT2D eigenvalue weighted by Gasteiger charge is -2.10. The third kappa shape index (κ3) is 3.90. The SMILES string of the molecule is O=C(O)/C=C/C(=O)Nc1ccc(C2OCCO2)cc1. The Balaban J connectivity index is 1.94. The van der Waals surface area contributed by atoms with Gasteiger partial charge >= 0.3 is 5.97 Å². The van der Waals surface area contributed by atoms with E-state index in [4.69, 9.17) is 14.6 Å². The second-order valence-electron chi connectivity index (χ2n) is 3.86. The Hall–Kier alpha value is -2.18. The van der Waals surface area contributed by atoms with Crippen LogP contribution in [-0.2, 0) is 19.1 Å². The van der Waals surface area contributed by atoms with E-state index in [0.717, 1.165) is 17.7 Å². The number of amides is 1. The molecule has 2 N–H and O–H groups in total. The molecule has 6 nitrogen and oxygen atoms in total. The molecule has 1 fully saturated rings. The van der Waals surface area contributed by atoms with Crippen molar-refractivity contribution in [1.82, 2.24) is 0 Å². The highest BCUT2D eigenvalue weighted by atomic mass is 16.7. The lowest BCUT2D eigenvalue weighted by Crippen LogP contribution is -2.08. The molecule has 6 heteroatoms. The molecule has 0 spiro atoms. The number of ether oxygens (including phenoxy) is 2. The number of carbonyl (C=O) groups excluding carboxylic acids is 1. The minimum absolute atomic E-state index is 0.350. The van der Waals surface area contributed by atoms with Crippen molar-refractivity contribution in [1.29, 1.82) is 0 Å². The molecule has 19 heavy (non-hydrogen) atoms. The molecule has 1 aromatic carbocycles. The smallest absolute Gasteiger partial charge is 0.328 e. The Morgan fingerprint density at radius 3 is 2.37 bits per heavy atom. The summed E-state index contributed by atoms with van der Waals surface area (Å²) in [5, 5.41) is 10.9.